The predicted octanol–water partition coefficient (Wildman–Crippen LogP) is 0.660. The maximum atomic E-state index is 14.1. The van der Waals surface area contributed by atoms with Crippen molar-refractivity contribution in [3.8, 4) is 0 Å². The number of nitrogens with one attached hydrogen (secondary N) is 5. The van der Waals surface area contributed by atoms with E-state index in [-0.39, 0.29) is 120 Å². The molecule has 5 amide bonds. The van der Waals surface area contributed by atoms with Crippen molar-refractivity contribution >= 4 is 67.7 Å². The number of aromatic nitrogens is 2. The van der Waals surface area contributed by atoms with Crippen molar-refractivity contribution in [2.75, 3.05) is 36.9 Å². The first-order chi connectivity index (χ1) is 34.3. The fourth-order valence-electron chi connectivity index (χ4n) is 7.63. The normalized spacial score (nSPS) is 16.4. The van der Waals surface area contributed by atoms with Crippen LogP contribution in [-0.4, -0.2) is 125 Å². The van der Waals surface area contributed by atoms with Gasteiger partial charge in [-0.15, -0.1) is 0 Å². The second kappa shape index (κ2) is 28.8. The SMILES string of the molecule is C.CCC(C)[C@@H]1NC(=O)c2cc(CC(=O)CCC(=O)NCCOCCC(=O)CCC(O)Cn3cc[n+](CC(O)(P(=O)(O)O)P(=O)(O)O)c3)ccc2NCc2ccc(C(N)=O)cc2NC(=O)[C@H](CCCCN)NC1=O. The van der Waals surface area contributed by atoms with E-state index in [9.17, 15) is 72.5 Å². The van der Waals surface area contributed by atoms with E-state index in [1.807, 2.05) is 6.92 Å². The zero-order chi connectivity index (χ0) is 54.1. The average molecular weight is 1080 g/mol. The minimum absolute atomic E-state index is 0. The summed E-state index contributed by atoms with van der Waals surface area (Å²) in [6, 6.07) is 7.30. The molecule has 4 atom stereocenters. The summed E-state index contributed by atoms with van der Waals surface area (Å²) in [6.07, 6.45) is 4.18. The minimum Gasteiger partial charge on any atom is -0.389 e. The quantitative estimate of drug-likeness (QED) is 0.0283. The number of aliphatic hydroxyl groups is 2. The van der Waals surface area contributed by atoms with E-state index < -0.39 is 74.5 Å². The van der Waals surface area contributed by atoms with Crippen LogP contribution >= 0.6 is 15.2 Å². The Balaban J connectivity index is 0.0000144. The number of nitrogens with two attached hydrogens (primary N) is 2. The van der Waals surface area contributed by atoms with Crippen molar-refractivity contribution in [2.24, 2.45) is 17.4 Å². The van der Waals surface area contributed by atoms with Crippen molar-refractivity contribution in [1.29, 1.82) is 0 Å². The summed E-state index contributed by atoms with van der Waals surface area (Å²) in [7, 11) is -11.3. The van der Waals surface area contributed by atoms with Crippen molar-refractivity contribution < 1.29 is 81.8 Å². The van der Waals surface area contributed by atoms with Gasteiger partial charge in [0.25, 0.3) is 5.91 Å². The number of hydrogen-bond acceptors (Lipinski definition) is 14. The molecule has 0 saturated carbocycles. The zero-order valence-corrected chi connectivity index (χ0v) is 42.5. The summed E-state index contributed by atoms with van der Waals surface area (Å²) < 4.78 is 31.0. The smallest absolute Gasteiger partial charge is 0.373 e. The number of anilines is 2. The number of ketones is 2. The topological polar surface area (TPSA) is 405 Å². The summed E-state index contributed by atoms with van der Waals surface area (Å²) >= 11 is 0. The van der Waals surface area contributed by atoms with Crippen LogP contribution in [0.3, 0.4) is 0 Å². The second-order valence-electron chi connectivity index (χ2n) is 17.9. The monoisotopic (exact) mass is 1080 g/mol. The molecule has 4 rings (SSSR count). The number of hydrogen-bond donors (Lipinski definition) is 13. The van der Waals surface area contributed by atoms with Gasteiger partial charge < -0.3 is 72.6 Å². The molecule has 25 nitrogen and oxygen atoms in total. The molecular weight excluding hydrogens is 1010 g/mol. The zero-order valence-electron chi connectivity index (χ0n) is 40.7. The summed E-state index contributed by atoms with van der Waals surface area (Å²) in [6.45, 7) is 3.08. The molecule has 0 fully saturated rings. The van der Waals surface area contributed by atoms with Crippen molar-refractivity contribution in [2.45, 2.75) is 128 Å². The number of primary amides is 1. The molecule has 410 valence electrons. The van der Waals surface area contributed by atoms with E-state index in [4.69, 9.17) is 16.2 Å². The van der Waals surface area contributed by atoms with Crippen molar-refractivity contribution in [3.05, 3.63) is 77.4 Å². The lowest BCUT2D eigenvalue weighted by atomic mass is 9.96. The minimum atomic E-state index is -5.67. The molecule has 15 N–H and O–H groups in total. The highest BCUT2D eigenvalue weighted by Crippen LogP contribution is 2.67. The average Bonchev–Trinajstić information content (AvgIpc) is 3.76. The predicted molar refractivity (Wildman–Crippen MR) is 270 cm³/mol. The summed E-state index contributed by atoms with van der Waals surface area (Å²) in [5.74, 6) is -3.73. The number of carbonyl (C=O) groups excluding carboxylic acids is 7. The molecule has 74 heavy (non-hydrogen) atoms. The van der Waals surface area contributed by atoms with E-state index in [1.54, 1.807) is 25.1 Å². The molecule has 27 heteroatoms. The molecular formula is C47H72N9O16P2+. The van der Waals surface area contributed by atoms with Crippen LogP contribution in [0.15, 0.2) is 55.1 Å². The fourth-order valence-corrected chi connectivity index (χ4v) is 9.69. The Morgan fingerprint density at radius 2 is 1.65 bits per heavy atom. The number of aliphatic hydroxyl groups excluding tert-OH is 1. The van der Waals surface area contributed by atoms with Gasteiger partial charge in [-0.25, -0.2) is 9.13 Å². The highest BCUT2D eigenvalue weighted by molar-refractivity contribution is 7.72. The van der Waals surface area contributed by atoms with Crippen LogP contribution in [0.1, 0.15) is 111 Å². The Kier molecular flexibility index (Phi) is 24.4. The van der Waals surface area contributed by atoms with Crippen molar-refractivity contribution in [3.63, 3.8) is 0 Å². The highest BCUT2D eigenvalue weighted by atomic mass is 31.2. The number of amides is 5. The van der Waals surface area contributed by atoms with E-state index >= 15 is 0 Å². The molecule has 2 unspecified atom stereocenters. The third-order valence-electron chi connectivity index (χ3n) is 12.2. The Hall–Kier alpha value is -5.72. The number of fused-ring (bicyclic) bond motifs is 2. The largest absolute Gasteiger partial charge is 0.389 e. The van der Waals surface area contributed by atoms with E-state index in [0.717, 1.165) is 4.57 Å². The molecule has 0 aliphatic carbocycles. The molecule has 0 bridgehead atoms. The molecule has 3 aromatic rings. The number of rotatable bonds is 27. The molecule has 0 spiro atoms. The van der Waals surface area contributed by atoms with E-state index in [1.165, 1.54) is 41.5 Å². The molecule has 2 aromatic carbocycles. The molecule has 0 radical (unpaired) electrons. The van der Waals surface area contributed by atoms with E-state index in [2.05, 4.69) is 26.6 Å². The first-order valence-electron chi connectivity index (χ1n) is 23.7. The third kappa shape index (κ3) is 18.6. The lowest BCUT2D eigenvalue weighted by Crippen LogP contribution is -2.55. The number of carbonyl (C=O) groups is 7. The third-order valence-corrected chi connectivity index (χ3v) is 15.9. The fraction of sp³-hybridized carbons (Fsp3) is 0.532. The van der Waals surface area contributed by atoms with Gasteiger partial charge in [0.2, 0.25) is 30.0 Å². The van der Waals surface area contributed by atoms with Crippen LogP contribution in [0.5, 0.6) is 0 Å². The Morgan fingerprint density at radius 1 is 0.932 bits per heavy atom. The maximum Gasteiger partial charge on any atom is 0.373 e. The summed E-state index contributed by atoms with van der Waals surface area (Å²) in [5, 5.41) is 31.3. The Labute approximate surface area is 428 Å². The van der Waals surface area contributed by atoms with Crippen LogP contribution < -0.4 is 42.6 Å². The van der Waals surface area contributed by atoms with Crippen LogP contribution in [-0.2, 0) is 63.9 Å². The maximum absolute atomic E-state index is 14.1. The van der Waals surface area contributed by atoms with Gasteiger partial charge in [0.05, 0.1) is 24.9 Å². The Morgan fingerprint density at radius 3 is 2.31 bits per heavy atom. The first-order valence-corrected chi connectivity index (χ1v) is 26.9. The van der Waals surface area contributed by atoms with Gasteiger partial charge in [0.1, 0.15) is 49.1 Å². The van der Waals surface area contributed by atoms with Crippen LogP contribution in [0, 0.1) is 5.92 Å². The van der Waals surface area contributed by atoms with E-state index in [0.29, 0.717) is 42.6 Å². The Bertz CT molecular complexity index is 2530. The number of benzene rings is 2. The van der Waals surface area contributed by atoms with Crippen LogP contribution in [0.4, 0.5) is 11.4 Å². The van der Waals surface area contributed by atoms with Crippen LogP contribution in [0.25, 0.3) is 0 Å². The lowest BCUT2D eigenvalue weighted by Gasteiger charge is -2.28. The number of ether oxygens (including phenoxy) is 1. The summed E-state index contributed by atoms with van der Waals surface area (Å²) in [5.41, 5.74) is 13.2. The molecule has 1 aromatic heterocycles. The standard InChI is InChI=1S/C46H67N9O16P2.CH4/c1-3-29(2)41-45(63)51-38(6-4-5-16-47)44(62)52-39-24-31(42(48)60)8-9-32(39)25-50-37-13-7-30(23-36(37)43(61)53-41)22-34(57)12-14-40(59)49-17-21-71-20-15-33(56)10-11-35(58)26-54-18-19-55(28-54)27-46(64,72(65,66)67)73(68,69)70;/h7-9,13,18-19,23-24,28-29,35,38,41,58,64H,3-6,10-12,14-17,20-22,25-27,47H2,1-2H3,(H10-,48,49,50,51,52,53,59,60,61,62,63,65,66,67,68,69,70);1H4/p+1/t29?,35?,38-,41-;/m0./s1. The van der Waals surface area contributed by atoms with Gasteiger partial charge >= 0.3 is 20.3 Å². The van der Waals surface area contributed by atoms with Gasteiger partial charge in [0, 0.05) is 62.1 Å². The lowest BCUT2D eigenvalue weighted by molar-refractivity contribution is -0.703. The van der Waals surface area contributed by atoms with Gasteiger partial charge in [0.15, 0.2) is 0 Å². The highest BCUT2D eigenvalue weighted by Gasteiger charge is 2.61. The number of nitrogens with zero attached hydrogens (tertiary/aromatic N) is 2. The molecule has 0 saturated heterocycles. The van der Waals surface area contributed by atoms with Gasteiger partial charge in [-0.2, -0.15) is 0 Å². The van der Waals surface area contributed by atoms with Crippen LogP contribution in [0.2, 0.25) is 0 Å². The van der Waals surface area contributed by atoms with Gasteiger partial charge in [-0.3, -0.25) is 42.7 Å². The van der Waals surface area contributed by atoms with Gasteiger partial charge in [-0.1, -0.05) is 39.8 Å². The first kappa shape index (κ1) is 62.6. The second-order valence-corrected chi connectivity index (χ2v) is 22.0. The number of unbranched alkanes of at least 4 members (excludes halogenated alkanes) is 1. The number of Topliss-reactive ketones (excluding diaryl/α,β-unsaturated/α-hetero) is 2. The van der Waals surface area contributed by atoms with Gasteiger partial charge in [-0.05, 0) is 73.5 Å². The summed E-state index contributed by atoms with van der Waals surface area (Å²) in [4.78, 5) is 129. The molecule has 1 aliphatic heterocycles. The molecule has 1 aliphatic rings. The molecule has 2 heterocycles. The number of imidazole rings is 1. The van der Waals surface area contributed by atoms with Crippen molar-refractivity contribution in [1.82, 2.24) is 20.5 Å².